The van der Waals surface area contributed by atoms with Crippen LogP contribution in [-0.2, 0) is 23.0 Å². The molecule has 0 fully saturated rings. The lowest BCUT2D eigenvalue weighted by molar-refractivity contribution is 0.571. The Morgan fingerprint density at radius 3 is 2.52 bits per heavy atom. The van der Waals surface area contributed by atoms with E-state index < -0.39 is 10.0 Å². The highest BCUT2D eigenvalue weighted by Gasteiger charge is 2.21. The number of nitrogens with zero attached hydrogens (tertiary/aromatic N) is 4. The zero-order valence-electron chi connectivity index (χ0n) is 14.4. The molecule has 1 heterocycles. The zero-order valence-corrected chi connectivity index (χ0v) is 15.2. The summed E-state index contributed by atoms with van der Waals surface area (Å²) in [4.78, 5) is 0.00889. The van der Waals surface area contributed by atoms with Gasteiger partial charge in [-0.15, -0.1) is 5.10 Å². The van der Waals surface area contributed by atoms with Crippen LogP contribution >= 0.6 is 0 Å². The van der Waals surface area contributed by atoms with Gasteiger partial charge in [0.25, 0.3) is 10.0 Å². The first-order valence-corrected chi connectivity index (χ1v) is 9.52. The second-order valence-corrected chi connectivity index (χ2v) is 7.47. The van der Waals surface area contributed by atoms with Gasteiger partial charge in [-0.05, 0) is 24.6 Å². The number of nitriles is 1. The van der Waals surface area contributed by atoms with Crippen LogP contribution in [0.25, 0.3) is 0 Å². The summed E-state index contributed by atoms with van der Waals surface area (Å²) in [6, 6.07) is 14.5. The number of nitrogens with one attached hydrogen (secondary N) is 1. The average Bonchev–Trinajstić information content (AvgIpc) is 2.97. The Morgan fingerprint density at radius 1 is 1.15 bits per heavy atom. The summed E-state index contributed by atoms with van der Waals surface area (Å²) in [6.45, 7) is 1.76. The summed E-state index contributed by atoms with van der Waals surface area (Å²) in [5, 5.41) is 16.7. The van der Waals surface area contributed by atoms with Gasteiger partial charge in [0.05, 0.1) is 29.6 Å². The first-order chi connectivity index (χ1) is 12.9. The Labute approximate surface area is 156 Å². The molecule has 0 aliphatic carbocycles. The Hall–Kier alpha value is -3.25. The van der Waals surface area contributed by atoms with E-state index in [0.29, 0.717) is 16.8 Å². The van der Waals surface area contributed by atoms with E-state index in [0.717, 1.165) is 0 Å². The van der Waals surface area contributed by atoms with Gasteiger partial charge in [-0.2, -0.15) is 5.26 Å². The molecule has 2 aromatic carbocycles. The van der Waals surface area contributed by atoms with Crippen molar-refractivity contribution < 1.29 is 12.8 Å². The van der Waals surface area contributed by atoms with Gasteiger partial charge in [0.15, 0.2) is 5.82 Å². The molecule has 0 unspecified atom stereocenters. The molecule has 1 aromatic heterocycles. The lowest BCUT2D eigenvalue weighted by Gasteiger charge is -2.10. The van der Waals surface area contributed by atoms with Crippen molar-refractivity contribution >= 4 is 15.8 Å². The number of hydrogen-bond acceptors (Lipinski definition) is 5. The predicted molar refractivity (Wildman–Crippen MR) is 96.8 cm³/mol. The van der Waals surface area contributed by atoms with E-state index in [9.17, 15) is 12.8 Å². The van der Waals surface area contributed by atoms with Crippen molar-refractivity contribution in [2.75, 3.05) is 4.72 Å². The maximum absolute atomic E-state index is 13.8. The molecule has 0 saturated heterocycles. The molecule has 0 radical (unpaired) electrons. The summed E-state index contributed by atoms with van der Waals surface area (Å²) >= 11 is 0. The molecule has 138 valence electrons. The van der Waals surface area contributed by atoms with Gasteiger partial charge in [-0.3, -0.25) is 4.72 Å². The highest BCUT2D eigenvalue weighted by Crippen LogP contribution is 2.21. The Bertz CT molecular complexity index is 1120. The molecule has 0 saturated carbocycles. The number of benzene rings is 2. The molecule has 0 bridgehead atoms. The number of anilines is 1. The van der Waals surface area contributed by atoms with Gasteiger partial charge in [-0.25, -0.2) is 17.5 Å². The monoisotopic (exact) mass is 385 g/mol. The van der Waals surface area contributed by atoms with E-state index >= 15 is 0 Å². The second-order valence-electron chi connectivity index (χ2n) is 5.82. The number of hydrogen-bond donors (Lipinski definition) is 1. The van der Waals surface area contributed by atoms with E-state index in [4.69, 9.17) is 5.26 Å². The number of halogens is 1. The van der Waals surface area contributed by atoms with Gasteiger partial charge in [0.1, 0.15) is 5.82 Å². The quantitative estimate of drug-likeness (QED) is 0.703. The summed E-state index contributed by atoms with van der Waals surface area (Å²) in [6.07, 6.45) is -0.0317. The summed E-state index contributed by atoms with van der Waals surface area (Å²) in [7, 11) is -3.95. The molecule has 0 amide bonds. The number of aromatic nitrogens is 3. The predicted octanol–water partition coefficient (Wildman–Crippen LogP) is 2.64. The van der Waals surface area contributed by atoms with Crippen molar-refractivity contribution in [1.29, 1.82) is 5.26 Å². The average molecular weight is 385 g/mol. The molecule has 1 N–H and O–H groups in total. The van der Waals surface area contributed by atoms with E-state index in [-0.39, 0.29) is 29.5 Å². The Balaban J connectivity index is 1.88. The van der Waals surface area contributed by atoms with Crippen LogP contribution in [0.4, 0.5) is 10.2 Å². The van der Waals surface area contributed by atoms with Crippen molar-refractivity contribution in [3.05, 3.63) is 71.2 Å². The van der Waals surface area contributed by atoms with Crippen LogP contribution in [0, 0.1) is 24.1 Å². The van der Waals surface area contributed by atoms with Gasteiger partial charge < -0.3 is 0 Å². The highest BCUT2D eigenvalue weighted by atomic mass is 32.2. The van der Waals surface area contributed by atoms with Crippen LogP contribution in [-0.4, -0.2) is 23.4 Å². The maximum atomic E-state index is 13.8. The lowest BCUT2D eigenvalue weighted by Crippen LogP contribution is -2.16. The molecule has 7 nitrogen and oxygen atoms in total. The second kappa shape index (κ2) is 7.55. The fourth-order valence-corrected chi connectivity index (χ4v) is 3.87. The fourth-order valence-electron chi connectivity index (χ4n) is 2.57. The lowest BCUT2D eigenvalue weighted by atomic mass is 10.2. The first-order valence-electron chi connectivity index (χ1n) is 8.03. The number of rotatable bonds is 6. The minimum atomic E-state index is -3.95. The molecule has 0 aliphatic heterocycles. The summed E-state index contributed by atoms with van der Waals surface area (Å²) in [5.74, 6) is -0.321. The summed E-state index contributed by atoms with van der Waals surface area (Å²) < 4.78 is 43.1. The van der Waals surface area contributed by atoms with Gasteiger partial charge in [0.2, 0.25) is 0 Å². The van der Waals surface area contributed by atoms with Crippen molar-refractivity contribution in [2.24, 2.45) is 0 Å². The maximum Gasteiger partial charge on any atom is 0.263 e. The zero-order chi connectivity index (χ0) is 19.4. The Morgan fingerprint density at radius 2 is 1.81 bits per heavy atom. The standard InChI is InChI=1S/C18H16FN5O2S/c1-13-18(21-23-24(13)12-15-7-2-4-8-16(15)19)22-27(25,26)17-9-5-3-6-14(17)10-11-20/h2-9,22H,10,12H2,1H3. The third kappa shape index (κ3) is 3.96. The van der Waals surface area contributed by atoms with E-state index in [1.54, 1.807) is 43.3 Å². The van der Waals surface area contributed by atoms with Crippen LogP contribution in [0.2, 0.25) is 0 Å². The molecule has 9 heteroatoms. The smallest absolute Gasteiger partial charge is 0.260 e. The van der Waals surface area contributed by atoms with Gasteiger partial charge in [-0.1, -0.05) is 41.6 Å². The highest BCUT2D eigenvalue weighted by molar-refractivity contribution is 7.92. The van der Waals surface area contributed by atoms with Crippen molar-refractivity contribution in [3.8, 4) is 6.07 Å². The van der Waals surface area contributed by atoms with Gasteiger partial charge >= 0.3 is 0 Å². The molecular weight excluding hydrogens is 369 g/mol. The van der Waals surface area contributed by atoms with Crippen LogP contribution in [0.1, 0.15) is 16.8 Å². The SMILES string of the molecule is Cc1c(NS(=O)(=O)c2ccccc2CC#N)nnn1Cc1ccccc1F. The van der Waals surface area contributed by atoms with E-state index in [1.807, 2.05) is 6.07 Å². The largest absolute Gasteiger partial charge is 0.263 e. The molecule has 27 heavy (non-hydrogen) atoms. The molecule has 3 rings (SSSR count). The van der Waals surface area contributed by atoms with E-state index in [1.165, 1.54) is 16.8 Å². The van der Waals surface area contributed by atoms with Crippen LogP contribution in [0.5, 0.6) is 0 Å². The molecule has 0 aliphatic rings. The van der Waals surface area contributed by atoms with Crippen LogP contribution in [0.3, 0.4) is 0 Å². The minimum absolute atomic E-state index is 0.00889. The molecule has 3 aromatic rings. The van der Waals surface area contributed by atoms with Crippen molar-refractivity contribution in [2.45, 2.75) is 24.8 Å². The van der Waals surface area contributed by atoms with Crippen molar-refractivity contribution in [3.63, 3.8) is 0 Å². The fraction of sp³-hybridized carbons (Fsp3) is 0.167. The normalized spacial score (nSPS) is 11.1. The topological polar surface area (TPSA) is 101 Å². The first kappa shape index (κ1) is 18.5. The number of sulfonamides is 1. The van der Waals surface area contributed by atoms with Crippen molar-refractivity contribution in [1.82, 2.24) is 15.0 Å². The van der Waals surface area contributed by atoms with Gasteiger partial charge in [0, 0.05) is 5.56 Å². The third-order valence-electron chi connectivity index (χ3n) is 4.02. The molecular formula is C18H16FN5O2S. The van der Waals surface area contributed by atoms with Crippen LogP contribution < -0.4 is 4.72 Å². The molecule has 0 atom stereocenters. The van der Waals surface area contributed by atoms with Crippen LogP contribution in [0.15, 0.2) is 53.4 Å². The Kier molecular flexibility index (Phi) is 5.19. The third-order valence-corrected chi connectivity index (χ3v) is 5.46. The molecule has 0 spiro atoms. The summed E-state index contributed by atoms with van der Waals surface area (Å²) in [5.41, 5.74) is 1.25. The minimum Gasteiger partial charge on any atom is -0.260 e. The van der Waals surface area contributed by atoms with E-state index in [2.05, 4.69) is 15.0 Å².